The Bertz CT molecular complexity index is 572. The van der Waals surface area contributed by atoms with Gasteiger partial charge in [-0.25, -0.2) is 4.39 Å². The van der Waals surface area contributed by atoms with Crippen LogP contribution in [0, 0.1) is 11.7 Å². The van der Waals surface area contributed by atoms with Crippen LogP contribution in [0.25, 0.3) is 0 Å². The van der Waals surface area contributed by atoms with E-state index in [4.69, 9.17) is 0 Å². The SMILES string of the molecule is O=C(NC1CCC1)C1CCC(=O)N(Cc2ccccc2F)C1. The molecule has 1 aromatic rings. The van der Waals surface area contributed by atoms with E-state index in [0.29, 0.717) is 31.0 Å². The zero-order valence-electron chi connectivity index (χ0n) is 12.6. The lowest BCUT2D eigenvalue weighted by atomic mass is 9.91. The number of nitrogens with zero attached hydrogens (tertiary/aromatic N) is 1. The summed E-state index contributed by atoms with van der Waals surface area (Å²) in [6, 6.07) is 6.77. The van der Waals surface area contributed by atoms with Crippen molar-refractivity contribution in [2.45, 2.75) is 44.7 Å². The number of hydrogen-bond acceptors (Lipinski definition) is 2. The summed E-state index contributed by atoms with van der Waals surface area (Å²) in [5.74, 6) is -0.451. The van der Waals surface area contributed by atoms with Crippen LogP contribution in [0.2, 0.25) is 0 Å². The average Bonchev–Trinajstić information content (AvgIpc) is 2.47. The molecule has 3 rings (SSSR count). The maximum absolute atomic E-state index is 13.7. The van der Waals surface area contributed by atoms with E-state index in [2.05, 4.69) is 5.32 Å². The van der Waals surface area contributed by atoms with E-state index in [-0.39, 0.29) is 30.1 Å². The summed E-state index contributed by atoms with van der Waals surface area (Å²) in [5.41, 5.74) is 0.496. The Morgan fingerprint density at radius 2 is 2.05 bits per heavy atom. The van der Waals surface area contributed by atoms with Gasteiger partial charge in [0.15, 0.2) is 0 Å². The third kappa shape index (κ3) is 3.29. The highest BCUT2D eigenvalue weighted by molar-refractivity contribution is 5.84. The molecule has 1 atom stereocenters. The van der Waals surface area contributed by atoms with Gasteiger partial charge in [-0.05, 0) is 31.7 Å². The predicted octanol–water partition coefficient (Wildman–Crippen LogP) is 2.23. The fourth-order valence-electron chi connectivity index (χ4n) is 2.99. The summed E-state index contributed by atoms with van der Waals surface area (Å²) in [6.45, 7) is 0.616. The minimum atomic E-state index is -0.309. The van der Waals surface area contributed by atoms with Crippen molar-refractivity contribution < 1.29 is 14.0 Å². The molecule has 1 saturated heterocycles. The third-order valence-corrected chi connectivity index (χ3v) is 4.64. The van der Waals surface area contributed by atoms with Crippen molar-refractivity contribution in [1.29, 1.82) is 0 Å². The largest absolute Gasteiger partial charge is 0.353 e. The van der Waals surface area contributed by atoms with Crippen molar-refractivity contribution >= 4 is 11.8 Å². The van der Waals surface area contributed by atoms with E-state index < -0.39 is 0 Å². The second kappa shape index (κ2) is 6.46. The van der Waals surface area contributed by atoms with Gasteiger partial charge in [0.25, 0.3) is 0 Å². The number of rotatable bonds is 4. The number of likely N-dealkylation sites (tertiary alicyclic amines) is 1. The molecule has 1 aliphatic heterocycles. The van der Waals surface area contributed by atoms with E-state index in [1.165, 1.54) is 12.5 Å². The van der Waals surface area contributed by atoms with E-state index in [1.54, 1.807) is 23.1 Å². The molecule has 22 heavy (non-hydrogen) atoms. The van der Waals surface area contributed by atoms with E-state index in [0.717, 1.165) is 12.8 Å². The normalized spacial score (nSPS) is 22.3. The molecule has 1 aliphatic carbocycles. The highest BCUT2D eigenvalue weighted by atomic mass is 19.1. The van der Waals surface area contributed by atoms with E-state index in [9.17, 15) is 14.0 Å². The van der Waals surface area contributed by atoms with Crippen LogP contribution >= 0.6 is 0 Å². The first-order valence-electron chi connectivity index (χ1n) is 7.95. The first-order chi connectivity index (χ1) is 10.6. The van der Waals surface area contributed by atoms with Crippen molar-refractivity contribution in [2.75, 3.05) is 6.54 Å². The van der Waals surface area contributed by atoms with Gasteiger partial charge in [0, 0.05) is 31.1 Å². The van der Waals surface area contributed by atoms with Crippen LogP contribution in [-0.4, -0.2) is 29.3 Å². The highest BCUT2D eigenvalue weighted by Crippen LogP contribution is 2.23. The number of nitrogens with one attached hydrogen (secondary N) is 1. The maximum atomic E-state index is 13.7. The van der Waals surface area contributed by atoms with Gasteiger partial charge in [-0.3, -0.25) is 9.59 Å². The highest BCUT2D eigenvalue weighted by Gasteiger charge is 2.32. The standard InChI is InChI=1S/C17H21FN2O2/c18-15-7-2-1-4-12(15)10-20-11-13(8-9-16(20)21)17(22)19-14-5-3-6-14/h1-2,4,7,13-14H,3,5-6,8-11H2,(H,19,22). The minimum Gasteiger partial charge on any atom is -0.353 e. The van der Waals surface area contributed by atoms with Crippen molar-refractivity contribution in [3.05, 3.63) is 35.6 Å². The molecule has 1 heterocycles. The van der Waals surface area contributed by atoms with Crippen LogP contribution in [0.1, 0.15) is 37.7 Å². The number of halogens is 1. The molecule has 0 spiro atoms. The van der Waals surface area contributed by atoms with Crippen molar-refractivity contribution in [3.63, 3.8) is 0 Å². The molecule has 2 amide bonds. The fourth-order valence-corrected chi connectivity index (χ4v) is 2.99. The lowest BCUT2D eigenvalue weighted by Gasteiger charge is -2.34. The van der Waals surface area contributed by atoms with Crippen LogP contribution in [0.4, 0.5) is 4.39 Å². The number of hydrogen-bond donors (Lipinski definition) is 1. The quantitative estimate of drug-likeness (QED) is 0.927. The molecule has 4 nitrogen and oxygen atoms in total. The summed E-state index contributed by atoms with van der Waals surface area (Å²) < 4.78 is 13.7. The molecular formula is C17H21FN2O2. The van der Waals surface area contributed by atoms with Crippen LogP contribution in [-0.2, 0) is 16.1 Å². The molecule has 2 aliphatic rings. The zero-order chi connectivity index (χ0) is 15.5. The van der Waals surface area contributed by atoms with E-state index in [1.807, 2.05) is 0 Å². The van der Waals surface area contributed by atoms with Crippen molar-refractivity contribution in [1.82, 2.24) is 10.2 Å². The van der Waals surface area contributed by atoms with Gasteiger partial charge < -0.3 is 10.2 Å². The fraction of sp³-hybridized carbons (Fsp3) is 0.529. The molecular weight excluding hydrogens is 283 g/mol. The van der Waals surface area contributed by atoms with Gasteiger partial charge in [0.2, 0.25) is 11.8 Å². The van der Waals surface area contributed by atoms with Gasteiger partial charge in [0.05, 0.1) is 5.92 Å². The molecule has 0 bridgehead atoms. The topological polar surface area (TPSA) is 49.4 Å². The number of carbonyl (C=O) groups excluding carboxylic acids is 2. The lowest BCUT2D eigenvalue weighted by Crippen LogP contribution is -2.49. The lowest BCUT2D eigenvalue weighted by molar-refractivity contribution is -0.139. The molecule has 5 heteroatoms. The third-order valence-electron chi connectivity index (χ3n) is 4.64. The van der Waals surface area contributed by atoms with Crippen LogP contribution in [0.3, 0.4) is 0 Å². The Hall–Kier alpha value is -1.91. The second-order valence-corrected chi connectivity index (χ2v) is 6.24. The van der Waals surface area contributed by atoms with Gasteiger partial charge >= 0.3 is 0 Å². The summed E-state index contributed by atoms with van der Waals surface area (Å²) in [6.07, 6.45) is 4.22. The molecule has 0 aromatic heterocycles. The van der Waals surface area contributed by atoms with Gasteiger partial charge in [-0.1, -0.05) is 18.2 Å². The summed E-state index contributed by atoms with van der Waals surface area (Å²) in [7, 11) is 0. The molecule has 1 aromatic carbocycles. The number of piperidine rings is 1. The number of benzene rings is 1. The van der Waals surface area contributed by atoms with Crippen molar-refractivity contribution in [2.24, 2.45) is 5.92 Å². The first-order valence-corrected chi connectivity index (χ1v) is 7.95. The summed E-state index contributed by atoms with van der Waals surface area (Å²) >= 11 is 0. The van der Waals surface area contributed by atoms with Crippen molar-refractivity contribution in [3.8, 4) is 0 Å². The molecule has 1 N–H and O–H groups in total. The predicted molar refractivity (Wildman–Crippen MR) is 80.3 cm³/mol. The Morgan fingerprint density at radius 3 is 2.73 bits per heavy atom. The molecule has 1 saturated carbocycles. The Balaban J connectivity index is 1.62. The average molecular weight is 304 g/mol. The Labute approximate surface area is 129 Å². The summed E-state index contributed by atoms with van der Waals surface area (Å²) in [4.78, 5) is 25.9. The van der Waals surface area contributed by atoms with Gasteiger partial charge in [-0.15, -0.1) is 0 Å². The first kappa shape index (κ1) is 15.0. The maximum Gasteiger partial charge on any atom is 0.225 e. The van der Waals surface area contributed by atoms with E-state index >= 15 is 0 Å². The molecule has 1 unspecified atom stereocenters. The zero-order valence-corrected chi connectivity index (χ0v) is 12.6. The molecule has 118 valence electrons. The molecule has 0 radical (unpaired) electrons. The van der Waals surface area contributed by atoms with Crippen LogP contribution < -0.4 is 5.32 Å². The van der Waals surface area contributed by atoms with Gasteiger partial charge in [0.1, 0.15) is 5.82 Å². The Morgan fingerprint density at radius 1 is 1.27 bits per heavy atom. The monoisotopic (exact) mass is 304 g/mol. The second-order valence-electron chi connectivity index (χ2n) is 6.24. The smallest absolute Gasteiger partial charge is 0.225 e. The van der Waals surface area contributed by atoms with Crippen LogP contribution in [0.5, 0.6) is 0 Å². The molecule has 2 fully saturated rings. The number of carbonyl (C=O) groups is 2. The summed E-state index contributed by atoms with van der Waals surface area (Å²) in [5, 5.41) is 3.05. The van der Waals surface area contributed by atoms with Gasteiger partial charge in [-0.2, -0.15) is 0 Å². The minimum absolute atomic E-state index is 0.00375. The van der Waals surface area contributed by atoms with Crippen LogP contribution in [0.15, 0.2) is 24.3 Å². The number of amides is 2. The Kier molecular flexibility index (Phi) is 4.41.